The van der Waals surface area contributed by atoms with Crippen LogP contribution in [-0.4, -0.2) is 9.78 Å². The van der Waals surface area contributed by atoms with E-state index in [9.17, 15) is 4.79 Å². The Balaban J connectivity index is 2.14. The Morgan fingerprint density at radius 3 is 2.37 bits per heavy atom. The van der Waals surface area contributed by atoms with Crippen molar-refractivity contribution in [2.75, 3.05) is 0 Å². The van der Waals surface area contributed by atoms with Gasteiger partial charge in [0, 0.05) is 6.07 Å². The summed E-state index contributed by atoms with van der Waals surface area (Å²) in [5.74, 6) is 0. The van der Waals surface area contributed by atoms with Crippen molar-refractivity contribution in [2.45, 2.75) is 6.92 Å². The predicted molar refractivity (Wildman–Crippen MR) is 76.6 cm³/mol. The number of nitrogens with zero attached hydrogens (tertiary/aromatic N) is 1. The highest BCUT2D eigenvalue weighted by atomic mass is 16.1. The van der Waals surface area contributed by atoms with Crippen molar-refractivity contribution < 1.29 is 0 Å². The molecule has 3 nitrogen and oxygen atoms in total. The molecule has 0 atom stereocenters. The quantitative estimate of drug-likeness (QED) is 0.745. The molecule has 1 heterocycles. The van der Waals surface area contributed by atoms with Gasteiger partial charge >= 0.3 is 0 Å². The Labute approximate surface area is 111 Å². The van der Waals surface area contributed by atoms with Crippen molar-refractivity contribution in [3.05, 3.63) is 76.6 Å². The highest BCUT2D eigenvalue weighted by Crippen LogP contribution is 2.17. The van der Waals surface area contributed by atoms with E-state index >= 15 is 0 Å². The van der Waals surface area contributed by atoms with Crippen molar-refractivity contribution >= 4 is 0 Å². The van der Waals surface area contributed by atoms with E-state index in [1.165, 1.54) is 0 Å². The van der Waals surface area contributed by atoms with Crippen molar-refractivity contribution in [3.63, 3.8) is 0 Å². The molecule has 1 aromatic heterocycles. The minimum atomic E-state index is -0.0480. The lowest BCUT2D eigenvalue weighted by Gasteiger charge is -2.05. The lowest BCUT2D eigenvalue weighted by molar-refractivity contribution is 0.845. The van der Waals surface area contributed by atoms with Crippen molar-refractivity contribution in [1.82, 2.24) is 9.78 Å². The molecule has 3 heteroatoms. The van der Waals surface area contributed by atoms with E-state index in [1.54, 1.807) is 10.7 Å². The van der Waals surface area contributed by atoms with Gasteiger partial charge < -0.3 is 0 Å². The van der Waals surface area contributed by atoms with E-state index in [0.29, 0.717) is 0 Å². The maximum atomic E-state index is 12.1. The van der Waals surface area contributed by atoms with Crippen LogP contribution in [0.1, 0.15) is 5.56 Å². The van der Waals surface area contributed by atoms with Gasteiger partial charge in [0.15, 0.2) is 0 Å². The average Bonchev–Trinajstić information content (AvgIpc) is 2.82. The van der Waals surface area contributed by atoms with Crippen LogP contribution >= 0.6 is 0 Å². The number of hydrogen-bond acceptors (Lipinski definition) is 1. The first-order valence-corrected chi connectivity index (χ1v) is 6.19. The number of benzene rings is 2. The number of hydrogen-bond donors (Lipinski definition) is 1. The van der Waals surface area contributed by atoms with E-state index in [1.807, 2.05) is 61.5 Å². The van der Waals surface area contributed by atoms with Crippen LogP contribution in [0.4, 0.5) is 0 Å². The number of aromatic amines is 1. The first-order chi connectivity index (χ1) is 9.25. The van der Waals surface area contributed by atoms with E-state index in [-0.39, 0.29) is 5.56 Å². The highest BCUT2D eigenvalue weighted by molar-refractivity contribution is 5.58. The molecule has 0 radical (unpaired) electrons. The summed E-state index contributed by atoms with van der Waals surface area (Å²) < 4.78 is 1.58. The van der Waals surface area contributed by atoms with Gasteiger partial charge in [-0.15, -0.1) is 0 Å². The van der Waals surface area contributed by atoms with Crippen LogP contribution in [0.2, 0.25) is 0 Å². The standard InChI is InChI=1S/C16H14N2O/c1-12-7-5-6-10-15(12)18-16(19)11-14(17-18)13-8-3-2-4-9-13/h2-11,17H,1H3. The van der Waals surface area contributed by atoms with Crippen LogP contribution < -0.4 is 5.56 Å². The summed E-state index contributed by atoms with van der Waals surface area (Å²) >= 11 is 0. The average molecular weight is 250 g/mol. The van der Waals surface area contributed by atoms with E-state index in [2.05, 4.69) is 5.10 Å². The summed E-state index contributed by atoms with van der Waals surface area (Å²) in [6, 6.07) is 19.3. The minimum Gasteiger partial charge on any atom is -0.290 e. The molecule has 0 saturated carbocycles. The number of nitrogens with one attached hydrogen (secondary N) is 1. The lowest BCUT2D eigenvalue weighted by atomic mass is 10.2. The fraction of sp³-hybridized carbons (Fsp3) is 0.0625. The molecule has 0 amide bonds. The van der Waals surface area contributed by atoms with Crippen molar-refractivity contribution in [2.24, 2.45) is 0 Å². The van der Waals surface area contributed by atoms with Gasteiger partial charge in [0.05, 0.1) is 11.4 Å². The van der Waals surface area contributed by atoms with Crippen LogP contribution in [-0.2, 0) is 0 Å². The number of aromatic nitrogens is 2. The largest absolute Gasteiger partial charge is 0.290 e. The monoisotopic (exact) mass is 250 g/mol. The maximum absolute atomic E-state index is 12.1. The summed E-state index contributed by atoms with van der Waals surface area (Å²) in [6.07, 6.45) is 0. The second kappa shape index (κ2) is 4.61. The molecule has 3 aromatic rings. The fourth-order valence-electron chi connectivity index (χ4n) is 2.15. The van der Waals surface area contributed by atoms with Gasteiger partial charge in [0.25, 0.3) is 5.56 Å². The summed E-state index contributed by atoms with van der Waals surface area (Å²) in [6.45, 7) is 1.99. The van der Waals surface area contributed by atoms with Crippen LogP contribution in [0, 0.1) is 6.92 Å². The summed E-state index contributed by atoms with van der Waals surface area (Å²) in [7, 11) is 0. The Morgan fingerprint density at radius 1 is 0.947 bits per heavy atom. The SMILES string of the molecule is Cc1ccccc1-n1[nH]c(-c2ccccc2)cc1=O. The normalized spacial score (nSPS) is 10.6. The third kappa shape index (κ3) is 2.10. The molecule has 0 aliphatic carbocycles. The van der Waals surface area contributed by atoms with E-state index in [0.717, 1.165) is 22.5 Å². The Morgan fingerprint density at radius 2 is 1.63 bits per heavy atom. The molecule has 94 valence electrons. The molecule has 0 aliphatic heterocycles. The molecule has 3 rings (SSSR count). The zero-order valence-corrected chi connectivity index (χ0v) is 10.6. The molecule has 2 aromatic carbocycles. The number of H-pyrrole nitrogens is 1. The van der Waals surface area contributed by atoms with Gasteiger partial charge in [-0.1, -0.05) is 48.5 Å². The molecule has 0 saturated heterocycles. The smallest absolute Gasteiger partial charge is 0.271 e. The Kier molecular flexibility index (Phi) is 2.80. The Hall–Kier alpha value is -2.55. The number of rotatable bonds is 2. The maximum Gasteiger partial charge on any atom is 0.271 e. The minimum absolute atomic E-state index is 0.0480. The van der Waals surface area contributed by atoms with Crippen LogP contribution in [0.3, 0.4) is 0 Å². The van der Waals surface area contributed by atoms with E-state index in [4.69, 9.17) is 0 Å². The molecule has 0 unspecified atom stereocenters. The van der Waals surface area contributed by atoms with Crippen molar-refractivity contribution in [1.29, 1.82) is 0 Å². The van der Waals surface area contributed by atoms with Crippen LogP contribution in [0.15, 0.2) is 65.5 Å². The van der Waals surface area contributed by atoms with Gasteiger partial charge in [-0.25, -0.2) is 4.68 Å². The van der Waals surface area contributed by atoms with Gasteiger partial charge in [-0.3, -0.25) is 9.89 Å². The molecule has 1 N–H and O–H groups in total. The predicted octanol–water partition coefficient (Wildman–Crippen LogP) is 3.14. The van der Waals surface area contributed by atoms with Crippen LogP contribution in [0.5, 0.6) is 0 Å². The second-order valence-corrected chi connectivity index (χ2v) is 4.50. The molecule has 0 fully saturated rings. The lowest BCUT2D eigenvalue weighted by Crippen LogP contribution is -2.14. The Bertz CT molecular complexity index is 754. The molecular formula is C16H14N2O. The third-order valence-corrected chi connectivity index (χ3v) is 3.16. The highest BCUT2D eigenvalue weighted by Gasteiger charge is 2.07. The fourth-order valence-corrected chi connectivity index (χ4v) is 2.15. The van der Waals surface area contributed by atoms with Gasteiger partial charge in [0.2, 0.25) is 0 Å². The summed E-state index contributed by atoms with van der Waals surface area (Å²) in [4.78, 5) is 12.1. The van der Waals surface area contributed by atoms with Gasteiger partial charge in [0.1, 0.15) is 0 Å². The zero-order valence-electron chi connectivity index (χ0n) is 10.6. The topological polar surface area (TPSA) is 37.8 Å². The van der Waals surface area contributed by atoms with E-state index < -0.39 is 0 Å². The third-order valence-electron chi connectivity index (χ3n) is 3.16. The van der Waals surface area contributed by atoms with Gasteiger partial charge in [-0.2, -0.15) is 0 Å². The second-order valence-electron chi connectivity index (χ2n) is 4.50. The van der Waals surface area contributed by atoms with Crippen molar-refractivity contribution in [3.8, 4) is 16.9 Å². The summed E-state index contributed by atoms with van der Waals surface area (Å²) in [5.41, 5.74) is 3.73. The number of aryl methyl sites for hydroxylation is 1. The van der Waals surface area contributed by atoms with Gasteiger partial charge in [-0.05, 0) is 24.1 Å². The molecule has 0 aliphatic rings. The molecular weight excluding hydrogens is 236 g/mol. The molecule has 0 spiro atoms. The number of para-hydroxylation sites is 1. The molecule has 0 bridgehead atoms. The summed E-state index contributed by atoms with van der Waals surface area (Å²) in [5, 5.41) is 3.16. The zero-order chi connectivity index (χ0) is 13.2. The van der Waals surface area contributed by atoms with Crippen LogP contribution in [0.25, 0.3) is 16.9 Å². The first kappa shape index (κ1) is 11.5. The first-order valence-electron chi connectivity index (χ1n) is 6.19. The molecule has 19 heavy (non-hydrogen) atoms.